The van der Waals surface area contributed by atoms with Crippen molar-refractivity contribution >= 4 is 17.6 Å². The lowest BCUT2D eigenvalue weighted by atomic mass is 10.3. The molecule has 0 aromatic carbocycles. The molecule has 1 aromatic heterocycles. The van der Waals surface area contributed by atoms with Gasteiger partial charge in [-0.15, -0.1) is 0 Å². The summed E-state index contributed by atoms with van der Waals surface area (Å²) in [5.41, 5.74) is 0.149. The second-order valence-corrected chi connectivity index (χ2v) is 2.82. The third-order valence-electron chi connectivity index (χ3n) is 1.49. The number of pyridine rings is 1. The second-order valence-electron chi connectivity index (χ2n) is 2.44. The van der Waals surface area contributed by atoms with Crippen molar-refractivity contribution in [1.82, 2.24) is 4.98 Å². The number of halogens is 1. The van der Waals surface area contributed by atoms with Gasteiger partial charge in [-0.05, 0) is 6.92 Å². The van der Waals surface area contributed by atoms with Gasteiger partial charge in [-0.25, -0.2) is 9.78 Å². The van der Waals surface area contributed by atoms with Crippen molar-refractivity contribution in [2.75, 3.05) is 13.7 Å². The molecule has 0 aliphatic rings. The van der Waals surface area contributed by atoms with Crippen LogP contribution in [0, 0.1) is 0 Å². The summed E-state index contributed by atoms with van der Waals surface area (Å²) in [7, 11) is 1.49. The maximum atomic E-state index is 11.3. The Morgan fingerprint density at radius 3 is 2.86 bits per heavy atom. The minimum Gasteiger partial charge on any atom is -0.497 e. The number of aromatic nitrogens is 1. The number of carbonyl (C=O) groups is 1. The lowest BCUT2D eigenvalue weighted by molar-refractivity contribution is 0.0519. The minimum absolute atomic E-state index is 0.149. The van der Waals surface area contributed by atoms with Gasteiger partial charge in [0.05, 0.1) is 13.7 Å². The van der Waals surface area contributed by atoms with E-state index in [0.29, 0.717) is 12.4 Å². The molecule has 0 bridgehead atoms. The van der Waals surface area contributed by atoms with Crippen molar-refractivity contribution in [3.05, 3.63) is 23.0 Å². The first-order valence-corrected chi connectivity index (χ1v) is 4.44. The molecule has 0 radical (unpaired) electrons. The van der Waals surface area contributed by atoms with Crippen LogP contribution in [0.2, 0.25) is 5.15 Å². The van der Waals surface area contributed by atoms with E-state index in [0.717, 1.165) is 0 Å². The van der Waals surface area contributed by atoms with Crippen LogP contribution in [0.4, 0.5) is 0 Å². The van der Waals surface area contributed by atoms with Crippen LogP contribution in [-0.2, 0) is 4.74 Å². The molecule has 0 spiro atoms. The zero-order valence-corrected chi connectivity index (χ0v) is 8.67. The molecule has 4 nitrogen and oxygen atoms in total. The standard InChI is InChI=1S/C9H10ClNO3/c1-3-14-9(12)7-4-6(13-2)5-8(10)11-7/h4-5H,3H2,1-2H3. The predicted octanol–water partition coefficient (Wildman–Crippen LogP) is 1.92. The molecule has 76 valence electrons. The van der Waals surface area contributed by atoms with Gasteiger partial charge in [-0.1, -0.05) is 11.6 Å². The quantitative estimate of drug-likeness (QED) is 0.571. The maximum Gasteiger partial charge on any atom is 0.357 e. The summed E-state index contributed by atoms with van der Waals surface area (Å²) in [6.07, 6.45) is 0. The van der Waals surface area contributed by atoms with E-state index in [9.17, 15) is 4.79 Å². The molecule has 0 atom stereocenters. The van der Waals surface area contributed by atoms with Crippen LogP contribution >= 0.6 is 11.6 Å². The van der Waals surface area contributed by atoms with Crippen LogP contribution in [0.25, 0.3) is 0 Å². The van der Waals surface area contributed by atoms with Crippen LogP contribution in [0.3, 0.4) is 0 Å². The Morgan fingerprint density at radius 2 is 2.29 bits per heavy atom. The average molecular weight is 216 g/mol. The number of carbonyl (C=O) groups excluding carboxylic acids is 1. The Labute approximate surface area is 86.8 Å². The average Bonchev–Trinajstić information content (AvgIpc) is 2.17. The SMILES string of the molecule is CCOC(=O)c1cc(OC)cc(Cl)n1. The molecule has 0 saturated heterocycles. The van der Waals surface area contributed by atoms with Gasteiger partial charge >= 0.3 is 5.97 Å². The van der Waals surface area contributed by atoms with Crippen molar-refractivity contribution < 1.29 is 14.3 Å². The molecule has 0 N–H and O–H groups in total. The van der Waals surface area contributed by atoms with Crippen LogP contribution < -0.4 is 4.74 Å². The van der Waals surface area contributed by atoms with Gasteiger partial charge in [-0.2, -0.15) is 0 Å². The molecular formula is C9H10ClNO3. The number of hydrogen-bond donors (Lipinski definition) is 0. The minimum atomic E-state index is -0.506. The molecular weight excluding hydrogens is 206 g/mol. The van der Waals surface area contributed by atoms with E-state index < -0.39 is 5.97 Å². The van der Waals surface area contributed by atoms with E-state index in [4.69, 9.17) is 21.1 Å². The normalized spacial score (nSPS) is 9.64. The molecule has 5 heteroatoms. The summed E-state index contributed by atoms with van der Waals surface area (Å²) in [6.45, 7) is 2.02. The number of ether oxygens (including phenoxy) is 2. The molecule has 0 unspecified atom stereocenters. The van der Waals surface area contributed by atoms with Crippen molar-refractivity contribution in [2.45, 2.75) is 6.92 Å². The van der Waals surface area contributed by atoms with Gasteiger partial charge in [0.2, 0.25) is 0 Å². The fourth-order valence-corrected chi connectivity index (χ4v) is 1.10. The van der Waals surface area contributed by atoms with E-state index in [1.54, 1.807) is 6.92 Å². The zero-order valence-electron chi connectivity index (χ0n) is 7.91. The number of esters is 1. The molecule has 1 rings (SSSR count). The first-order valence-electron chi connectivity index (χ1n) is 4.06. The van der Waals surface area contributed by atoms with E-state index in [1.165, 1.54) is 19.2 Å². The van der Waals surface area contributed by atoms with Gasteiger partial charge in [0.15, 0.2) is 5.69 Å². The zero-order chi connectivity index (χ0) is 10.6. The molecule has 14 heavy (non-hydrogen) atoms. The van der Waals surface area contributed by atoms with Gasteiger partial charge < -0.3 is 9.47 Å². The first-order chi connectivity index (χ1) is 6.67. The Kier molecular flexibility index (Phi) is 3.71. The van der Waals surface area contributed by atoms with E-state index >= 15 is 0 Å². The Balaban J connectivity index is 2.96. The highest BCUT2D eigenvalue weighted by Crippen LogP contribution is 2.17. The van der Waals surface area contributed by atoms with Crippen molar-refractivity contribution in [3.8, 4) is 5.75 Å². The lowest BCUT2D eigenvalue weighted by Gasteiger charge is -2.04. The van der Waals surface area contributed by atoms with Gasteiger partial charge in [-0.3, -0.25) is 0 Å². The molecule has 0 aliphatic heterocycles. The van der Waals surface area contributed by atoms with Gasteiger partial charge in [0.1, 0.15) is 10.9 Å². The molecule has 0 saturated carbocycles. The van der Waals surface area contributed by atoms with Crippen molar-refractivity contribution in [3.63, 3.8) is 0 Å². The Morgan fingerprint density at radius 1 is 1.57 bits per heavy atom. The number of nitrogens with zero attached hydrogens (tertiary/aromatic N) is 1. The van der Waals surface area contributed by atoms with E-state index in [1.807, 2.05) is 0 Å². The smallest absolute Gasteiger partial charge is 0.357 e. The van der Waals surface area contributed by atoms with Crippen LogP contribution in [0.1, 0.15) is 17.4 Å². The molecule has 1 heterocycles. The van der Waals surface area contributed by atoms with Crippen LogP contribution in [0.15, 0.2) is 12.1 Å². The summed E-state index contributed by atoms with van der Waals surface area (Å²) in [6, 6.07) is 2.99. The van der Waals surface area contributed by atoms with E-state index in [-0.39, 0.29) is 10.8 Å². The maximum absolute atomic E-state index is 11.3. The fourth-order valence-electron chi connectivity index (χ4n) is 0.901. The lowest BCUT2D eigenvalue weighted by Crippen LogP contribution is -2.07. The number of hydrogen-bond acceptors (Lipinski definition) is 4. The summed E-state index contributed by atoms with van der Waals surface area (Å²) in [4.78, 5) is 15.1. The first kappa shape index (κ1) is 10.8. The number of methoxy groups -OCH3 is 1. The third kappa shape index (κ3) is 2.60. The topological polar surface area (TPSA) is 48.4 Å². The third-order valence-corrected chi connectivity index (χ3v) is 1.68. The van der Waals surface area contributed by atoms with Crippen molar-refractivity contribution in [1.29, 1.82) is 0 Å². The fraction of sp³-hybridized carbons (Fsp3) is 0.333. The molecule has 0 amide bonds. The Bertz CT molecular complexity index is 341. The number of rotatable bonds is 3. The highest BCUT2D eigenvalue weighted by molar-refractivity contribution is 6.29. The second kappa shape index (κ2) is 4.81. The van der Waals surface area contributed by atoms with Crippen molar-refractivity contribution in [2.24, 2.45) is 0 Å². The molecule has 0 aliphatic carbocycles. The highest BCUT2D eigenvalue weighted by atomic mass is 35.5. The van der Waals surface area contributed by atoms with Crippen LogP contribution in [0.5, 0.6) is 5.75 Å². The summed E-state index contributed by atoms with van der Waals surface area (Å²) >= 11 is 5.67. The van der Waals surface area contributed by atoms with Gasteiger partial charge in [0.25, 0.3) is 0 Å². The summed E-state index contributed by atoms with van der Waals surface area (Å²) in [5, 5.41) is 0.201. The molecule has 0 fully saturated rings. The summed E-state index contributed by atoms with van der Waals surface area (Å²) < 4.78 is 9.70. The largest absolute Gasteiger partial charge is 0.497 e. The summed E-state index contributed by atoms with van der Waals surface area (Å²) in [5.74, 6) is -0.0265. The predicted molar refractivity (Wildman–Crippen MR) is 51.8 cm³/mol. The van der Waals surface area contributed by atoms with Crippen LogP contribution in [-0.4, -0.2) is 24.7 Å². The Hall–Kier alpha value is -1.29. The molecule has 1 aromatic rings. The van der Waals surface area contributed by atoms with E-state index in [2.05, 4.69) is 4.98 Å². The monoisotopic (exact) mass is 215 g/mol. The highest BCUT2D eigenvalue weighted by Gasteiger charge is 2.10. The van der Waals surface area contributed by atoms with Gasteiger partial charge in [0, 0.05) is 12.1 Å².